The molecule has 0 aliphatic carbocycles. The van der Waals surface area contributed by atoms with Gasteiger partial charge in [0.2, 0.25) is 0 Å². The van der Waals surface area contributed by atoms with E-state index in [4.69, 9.17) is 17.0 Å². The summed E-state index contributed by atoms with van der Waals surface area (Å²) in [7, 11) is 1.65. The first-order valence-electron chi connectivity index (χ1n) is 11.1. The van der Waals surface area contributed by atoms with Crippen molar-refractivity contribution in [1.82, 2.24) is 19.8 Å². The van der Waals surface area contributed by atoms with Gasteiger partial charge in [-0.1, -0.05) is 18.2 Å². The molecule has 33 heavy (non-hydrogen) atoms. The lowest BCUT2D eigenvalue weighted by Gasteiger charge is -2.28. The van der Waals surface area contributed by atoms with Crippen LogP contribution in [0.3, 0.4) is 0 Å². The summed E-state index contributed by atoms with van der Waals surface area (Å²) in [5.74, 6) is 0.618. The summed E-state index contributed by atoms with van der Waals surface area (Å²) in [6.07, 6.45) is 3.94. The van der Waals surface area contributed by atoms with Crippen LogP contribution in [0.5, 0.6) is 5.75 Å². The molecule has 0 radical (unpaired) electrons. The van der Waals surface area contributed by atoms with Crippen LogP contribution in [-0.4, -0.2) is 47.1 Å². The number of aromatic nitrogens is 2. The summed E-state index contributed by atoms with van der Waals surface area (Å²) < 4.78 is 7.03. The van der Waals surface area contributed by atoms with Crippen LogP contribution in [0.4, 0.5) is 0 Å². The summed E-state index contributed by atoms with van der Waals surface area (Å²) in [4.78, 5) is 31.2. The number of hydrogen-bond donors (Lipinski definition) is 2. The van der Waals surface area contributed by atoms with Crippen LogP contribution >= 0.6 is 12.2 Å². The second-order valence-electron chi connectivity index (χ2n) is 8.14. The Bertz CT molecular complexity index is 1270. The molecule has 1 aliphatic heterocycles. The Labute approximate surface area is 197 Å². The van der Waals surface area contributed by atoms with Crippen LogP contribution in [0, 0.1) is 4.77 Å². The van der Waals surface area contributed by atoms with Crippen molar-refractivity contribution in [3.05, 3.63) is 81.4 Å². The number of rotatable bonds is 8. The van der Waals surface area contributed by atoms with Crippen LogP contribution < -0.4 is 15.6 Å². The van der Waals surface area contributed by atoms with Gasteiger partial charge in [-0.2, -0.15) is 0 Å². The minimum Gasteiger partial charge on any atom is -0.497 e. The van der Waals surface area contributed by atoms with Crippen molar-refractivity contribution in [2.24, 2.45) is 0 Å². The highest BCUT2D eigenvalue weighted by Crippen LogP contribution is 2.26. The van der Waals surface area contributed by atoms with E-state index in [1.807, 2.05) is 12.1 Å². The van der Waals surface area contributed by atoms with Gasteiger partial charge in [0.05, 0.1) is 24.1 Å². The van der Waals surface area contributed by atoms with Gasteiger partial charge in [-0.15, -0.1) is 6.58 Å². The van der Waals surface area contributed by atoms with E-state index >= 15 is 0 Å². The van der Waals surface area contributed by atoms with Gasteiger partial charge < -0.3 is 15.0 Å². The van der Waals surface area contributed by atoms with E-state index in [1.54, 1.807) is 31.4 Å². The van der Waals surface area contributed by atoms with Crippen molar-refractivity contribution in [1.29, 1.82) is 0 Å². The number of likely N-dealkylation sites (tertiary alicyclic amines) is 1. The predicted octanol–water partition coefficient (Wildman–Crippen LogP) is 3.82. The zero-order valence-electron chi connectivity index (χ0n) is 18.7. The third-order valence-electron chi connectivity index (χ3n) is 6.09. The van der Waals surface area contributed by atoms with Gasteiger partial charge in [-0.05, 0) is 74.0 Å². The van der Waals surface area contributed by atoms with Gasteiger partial charge in [-0.3, -0.25) is 19.1 Å². The van der Waals surface area contributed by atoms with E-state index in [1.165, 1.54) is 4.57 Å². The monoisotopic (exact) mass is 464 g/mol. The van der Waals surface area contributed by atoms with Gasteiger partial charge in [0.25, 0.3) is 11.5 Å². The molecule has 3 aromatic rings. The lowest BCUT2D eigenvalue weighted by Crippen LogP contribution is -2.36. The Balaban J connectivity index is 1.55. The molecule has 1 aliphatic rings. The van der Waals surface area contributed by atoms with E-state index in [-0.39, 0.29) is 17.5 Å². The van der Waals surface area contributed by atoms with Gasteiger partial charge in [0, 0.05) is 18.7 Å². The molecular formula is C25H28N4O3S. The Morgan fingerprint density at radius 1 is 1.24 bits per heavy atom. The number of carbonyl (C=O) groups excluding carboxylic acids is 1. The predicted molar refractivity (Wildman–Crippen MR) is 132 cm³/mol. The average Bonchev–Trinajstić information content (AvgIpc) is 3.36. The number of carbonyl (C=O) groups is 1. The molecule has 1 saturated heterocycles. The zero-order chi connectivity index (χ0) is 23.4. The van der Waals surface area contributed by atoms with Crippen molar-refractivity contribution < 1.29 is 9.53 Å². The quantitative estimate of drug-likeness (QED) is 0.391. The molecule has 7 nitrogen and oxygen atoms in total. The fraction of sp³-hybridized carbons (Fsp3) is 0.320. The minimum absolute atomic E-state index is 0.0831. The number of ether oxygens (including phenoxy) is 1. The maximum atomic E-state index is 13.0. The molecule has 172 valence electrons. The SMILES string of the molecule is C=CCn1c(=S)[nH]c2cc(C(=O)NCC(c3ccc(OC)cc3)N3CCCC3)ccc2c1=O. The summed E-state index contributed by atoms with van der Waals surface area (Å²) in [6.45, 7) is 6.50. The van der Waals surface area contributed by atoms with Crippen LogP contribution in [0.15, 0.2) is 59.9 Å². The molecule has 1 aromatic heterocycles. The lowest BCUT2D eigenvalue weighted by atomic mass is 10.0. The highest BCUT2D eigenvalue weighted by atomic mass is 32.1. The van der Waals surface area contributed by atoms with Crippen molar-refractivity contribution in [3.63, 3.8) is 0 Å². The topological polar surface area (TPSA) is 79.4 Å². The smallest absolute Gasteiger partial charge is 0.262 e. The maximum Gasteiger partial charge on any atom is 0.262 e. The first kappa shape index (κ1) is 22.9. The molecule has 4 rings (SSSR count). The molecule has 2 aromatic carbocycles. The number of allylic oxidation sites excluding steroid dienone is 1. The third-order valence-corrected chi connectivity index (χ3v) is 6.42. The van der Waals surface area contributed by atoms with Crippen molar-refractivity contribution >= 4 is 29.0 Å². The molecule has 8 heteroatoms. The summed E-state index contributed by atoms with van der Waals surface area (Å²) in [5, 5.41) is 3.56. The minimum atomic E-state index is -0.200. The van der Waals surface area contributed by atoms with E-state index in [2.05, 4.69) is 33.9 Å². The lowest BCUT2D eigenvalue weighted by molar-refractivity contribution is 0.0938. The molecule has 1 fully saturated rings. The fourth-order valence-corrected chi connectivity index (χ4v) is 4.59. The number of fused-ring (bicyclic) bond motifs is 1. The zero-order valence-corrected chi connectivity index (χ0v) is 19.5. The second kappa shape index (κ2) is 10.1. The van der Waals surface area contributed by atoms with Crippen molar-refractivity contribution in [2.45, 2.75) is 25.4 Å². The maximum absolute atomic E-state index is 13.0. The Kier molecular flexibility index (Phi) is 7.05. The number of nitrogens with zero attached hydrogens (tertiary/aromatic N) is 2. The number of hydrogen-bond acceptors (Lipinski definition) is 5. The number of benzene rings is 2. The number of aromatic amines is 1. The van der Waals surface area contributed by atoms with E-state index in [0.29, 0.717) is 34.3 Å². The Hall–Kier alpha value is -3.23. The highest BCUT2D eigenvalue weighted by molar-refractivity contribution is 7.71. The van der Waals surface area contributed by atoms with Gasteiger partial charge in [-0.25, -0.2) is 0 Å². The highest BCUT2D eigenvalue weighted by Gasteiger charge is 2.24. The van der Waals surface area contributed by atoms with Crippen LogP contribution in [0.1, 0.15) is 34.8 Å². The normalized spacial score (nSPS) is 14.8. The number of nitrogens with one attached hydrogen (secondary N) is 2. The van der Waals surface area contributed by atoms with Crippen LogP contribution in [0.2, 0.25) is 0 Å². The van der Waals surface area contributed by atoms with Crippen molar-refractivity contribution in [2.75, 3.05) is 26.7 Å². The fourth-order valence-electron chi connectivity index (χ4n) is 4.32. The number of methoxy groups -OCH3 is 1. The van der Waals surface area contributed by atoms with E-state index < -0.39 is 0 Å². The van der Waals surface area contributed by atoms with Crippen LogP contribution in [0.25, 0.3) is 10.9 Å². The first-order valence-corrected chi connectivity index (χ1v) is 11.5. The largest absolute Gasteiger partial charge is 0.497 e. The molecule has 0 spiro atoms. The standard InChI is InChI=1S/C25H28N4O3S/c1-3-12-29-24(31)20-11-8-18(15-21(20)27-25(29)33)23(30)26-16-22(28-13-4-5-14-28)17-6-9-19(32-2)10-7-17/h3,6-11,15,22H,1,4-5,12-14,16H2,2H3,(H,26,30)(H,27,33). The number of H-pyrrole nitrogens is 1. The molecule has 2 N–H and O–H groups in total. The molecule has 2 heterocycles. The molecule has 0 bridgehead atoms. The Morgan fingerprint density at radius 2 is 1.97 bits per heavy atom. The average molecular weight is 465 g/mol. The first-order chi connectivity index (χ1) is 16.0. The summed E-state index contributed by atoms with van der Waals surface area (Å²) in [5.41, 5.74) is 1.96. The van der Waals surface area contributed by atoms with Gasteiger partial charge >= 0.3 is 0 Å². The second-order valence-corrected chi connectivity index (χ2v) is 8.52. The summed E-state index contributed by atoms with van der Waals surface area (Å²) in [6, 6.07) is 13.1. The van der Waals surface area contributed by atoms with Crippen LogP contribution in [-0.2, 0) is 6.54 Å². The summed E-state index contributed by atoms with van der Waals surface area (Å²) >= 11 is 5.30. The van der Waals surface area contributed by atoms with E-state index in [0.717, 1.165) is 37.2 Å². The van der Waals surface area contributed by atoms with Gasteiger partial charge in [0.1, 0.15) is 5.75 Å². The molecule has 1 atom stereocenters. The van der Waals surface area contributed by atoms with Crippen molar-refractivity contribution in [3.8, 4) is 5.75 Å². The van der Waals surface area contributed by atoms with E-state index in [9.17, 15) is 9.59 Å². The third kappa shape index (κ3) is 4.91. The number of amides is 1. The molecule has 1 unspecified atom stereocenters. The molecule has 1 amide bonds. The Morgan fingerprint density at radius 3 is 2.64 bits per heavy atom. The molecule has 0 saturated carbocycles. The van der Waals surface area contributed by atoms with Gasteiger partial charge in [0.15, 0.2) is 4.77 Å². The molecular weight excluding hydrogens is 436 g/mol.